The van der Waals surface area contributed by atoms with Crippen LogP contribution in [0.2, 0.25) is 0 Å². The molecular weight excluding hydrogens is 403 g/mol. The van der Waals surface area contributed by atoms with Crippen molar-refractivity contribution < 1.29 is 9.50 Å². The molecule has 0 radical (unpaired) electrons. The predicted molar refractivity (Wildman–Crippen MR) is 122 cm³/mol. The first-order valence-electron chi connectivity index (χ1n) is 11.4. The summed E-state index contributed by atoms with van der Waals surface area (Å²) in [7, 11) is 0. The molecule has 2 aromatic carbocycles. The Morgan fingerprint density at radius 1 is 0.969 bits per heavy atom. The predicted octanol–water partition coefficient (Wildman–Crippen LogP) is 3.71. The zero-order valence-corrected chi connectivity index (χ0v) is 18.1. The van der Waals surface area contributed by atoms with E-state index in [1.807, 2.05) is 36.7 Å². The summed E-state index contributed by atoms with van der Waals surface area (Å²) < 4.78 is 14.2. The van der Waals surface area contributed by atoms with Crippen LogP contribution in [0.15, 0.2) is 67.3 Å². The molecule has 6 heteroatoms. The number of hydrogen-bond donors (Lipinski definition) is 1. The van der Waals surface area contributed by atoms with Gasteiger partial charge in [-0.1, -0.05) is 42.5 Å². The second-order valence-electron chi connectivity index (χ2n) is 8.87. The van der Waals surface area contributed by atoms with Gasteiger partial charge >= 0.3 is 0 Å². The number of rotatable bonds is 5. The van der Waals surface area contributed by atoms with E-state index in [1.54, 1.807) is 12.4 Å². The fourth-order valence-electron chi connectivity index (χ4n) is 5.41. The van der Waals surface area contributed by atoms with Crippen LogP contribution in [0.3, 0.4) is 0 Å². The molecule has 5 rings (SSSR count). The Balaban J connectivity index is 1.37. The van der Waals surface area contributed by atoms with E-state index in [-0.39, 0.29) is 24.4 Å². The van der Waals surface area contributed by atoms with Crippen LogP contribution in [-0.4, -0.2) is 63.2 Å². The molecule has 5 nitrogen and oxygen atoms in total. The molecule has 166 valence electrons. The molecule has 0 saturated carbocycles. The first kappa shape index (κ1) is 21.2. The van der Waals surface area contributed by atoms with Gasteiger partial charge in [0.25, 0.3) is 0 Å². The van der Waals surface area contributed by atoms with Crippen molar-refractivity contribution in [3.8, 4) is 11.1 Å². The first-order valence-corrected chi connectivity index (χ1v) is 11.4. The average Bonchev–Trinajstić information content (AvgIpc) is 2.81. The minimum atomic E-state index is -0.205. The highest BCUT2D eigenvalue weighted by molar-refractivity contribution is 5.64. The molecular formula is C26H29FN4O. The Labute approximate surface area is 188 Å². The van der Waals surface area contributed by atoms with Gasteiger partial charge in [-0.3, -0.25) is 9.80 Å². The lowest BCUT2D eigenvalue weighted by molar-refractivity contribution is -0.0655. The fraction of sp³-hybridized carbons (Fsp3) is 0.385. The van der Waals surface area contributed by atoms with Crippen molar-refractivity contribution in [3.05, 3.63) is 84.2 Å². The lowest BCUT2D eigenvalue weighted by Crippen LogP contribution is -2.67. The topological polar surface area (TPSA) is 52.5 Å². The van der Waals surface area contributed by atoms with Crippen LogP contribution in [-0.2, 0) is 6.54 Å². The highest BCUT2D eigenvalue weighted by Crippen LogP contribution is 2.42. The van der Waals surface area contributed by atoms with Crippen molar-refractivity contribution in [2.24, 2.45) is 0 Å². The smallest absolute Gasteiger partial charge is 0.131 e. The molecule has 1 aromatic heterocycles. The molecule has 3 heterocycles. The molecule has 2 saturated heterocycles. The second kappa shape index (κ2) is 9.45. The third-order valence-electron chi connectivity index (χ3n) is 6.95. The van der Waals surface area contributed by atoms with Gasteiger partial charge in [0.15, 0.2) is 0 Å². The van der Waals surface area contributed by atoms with E-state index in [0.29, 0.717) is 11.6 Å². The number of nitrogens with zero attached hydrogens (tertiary/aromatic N) is 4. The van der Waals surface area contributed by atoms with E-state index < -0.39 is 0 Å². The maximum absolute atomic E-state index is 14.2. The maximum atomic E-state index is 14.2. The molecule has 32 heavy (non-hydrogen) atoms. The van der Waals surface area contributed by atoms with E-state index in [9.17, 15) is 9.50 Å². The summed E-state index contributed by atoms with van der Waals surface area (Å²) in [6.45, 7) is 4.03. The summed E-state index contributed by atoms with van der Waals surface area (Å²) in [6.07, 6.45) is 7.63. The van der Waals surface area contributed by atoms with E-state index in [2.05, 4.69) is 31.9 Å². The van der Waals surface area contributed by atoms with Crippen LogP contribution in [0.5, 0.6) is 0 Å². The lowest BCUT2D eigenvalue weighted by atomic mass is 9.74. The molecule has 0 bridgehead atoms. The van der Waals surface area contributed by atoms with Crippen molar-refractivity contribution in [3.63, 3.8) is 0 Å². The molecule has 1 N–H and O–H groups in total. The van der Waals surface area contributed by atoms with Crippen molar-refractivity contribution in [1.82, 2.24) is 19.8 Å². The van der Waals surface area contributed by atoms with Crippen LogP contribution >= 0.6 is 0 Å². The number of aliphatic hydroxyl groups excluding tert-OH is 1. The van der Waals surface area contributed by atoms with Crippen molar-refractivity contribution in [1.29, 1.82) is 0 Å². The van der Waals surface area contributed by atoms with Gasteiger partial charge in [0.2, 0.25) is 0 Å². The zero-order valence-electron chi connectivity index (χ0n) is 18.1. The van der Waals surface area contributed by atoms with E-state index in [4.69, 9.17) is 0 Å². The Morgan fingerprint density at radius 2 is 1.72 bits per heavy atom. The van der Waals surface area contributed by atoms with Gasteiger partial charge < -0.3 is 5.11 Å². The number of hydrogen-bond acceptors (Lipinski definition) is 5. The number of fused-ring (bicyclic) bond motifs is 1. The van der Waals surface area contributed by atoms with Gasteiger partial charge in [0.05, 0.1) is 6.61 Å². The van der Waals surface area contributed by atoms with Gasteiger partial charge in [0.1, 0.15) is 12.1 Å². The summed E-state index contributed by atoms with van der Waals surface area (Å²) in [5, 5.41) is 10.2. The largest absolute Gasteiger partial charge is 0.395 e. The molecule has 3 atom stereocenters. The normalized spacial score (nSPS) is 24.2. The zero-order chi connectivity index (χ0) is 21.9. The molecule has 2 aliphatic rings. The highest BCUT2D eigenvalue weighted by atomic mass is 19.1. The van der Waals surface area contributed by atoms with Crippen LogP contribution in [0.25, 0.3) is 11.1 Å². The third-order valence-corrected chi connectivity index (χ3v) is 6.95. The summed E-state index contributed by atoms with van der Waals surface area (Å²) in [5.74, 6) is 0.0612. The summed E-state index contributed by atoms with van der Waals surface area (Å²) >= 11 is 0. The monoisotopic (exact) mass is 432 g/mol. The number of halogens is 1. The van der Waals surface area contributed by atoms with E-state index in [1.165, 1.54) is 11.6 Å². The average molecular weight is 433 g/mol. The Bertz CT molecular complexity index is 1030. The molecule has 0 spiro atoms. The van der Waals surface area contributed by atoms with Crippen LogP contribution in [0, 0.1) is 5.82 Å². The fourth-order valence-corrected chi connectivity index (χ4v) is 5.41. The third kappa shape index (κ3) is 4.18. The molecule has 0 amide bonds. The van der Waals surface area contributed by atoms with Crippen LogP contribution in [0.4, 0.5) is 4.39 Å². The van der Waals surface area contributed by atoms with Crippen molar-refractivity contribution in [2.75, 3.05) is 26.2 Å². The van der Waals surface area contributed by atoms with Crippen molar-refractivity contribution >= 4 is 0 Å². The van der Waals surface area contributed by atoms with Crippen molar-refractivity contribution in [2.45, 2.75) is 37.4 Å². The second-order valence-corrected chi connectivity index (χ2v) is 8.87. The minimum absolute atomic E-state index is 0.138. The lowest BCUT2D eigenvalue weighted by Gasteiger charge is -2.57. The van der Waals surface area contributed by atoms with Crippen LogP contribution < -0.4 is 0 Å². The molecule has 3 aromatic rings. The Morgan fingerprint density at radius 3 is 2.47 bits per heavy atom. The van der Waals surface area contributed by atoms with Gasteiger partial charge in [-0.15, -0.1) is 0 Å². The van der Waals surface area contributed by atoms with Gasteiger partial charge in [-0.25, -0.2) is 14.4 Å². The summed E-state index contributed by atoms with van der Waals surface area (Å²) in [5.41, 5.74) is 3.85. The number of aliphatic hydroxyl groups is 1. The molecule has 0 unspecified atom stereocenters. The van der Waals surface area contributed by atoms with E-state index in [0.717, 1.165) is 50.1 Å². The number of benzene rings is 2. The summed E-state index contributed by atoms with van der Waals surface area (Å²) in [4.78, 5) is 13.3. The minimum Gasteiger partial charge on any atom is -0.395 e. The summed E-state index contributed by atoms with van der Waals surface area (Å²) in [6, 6.07) is 15.6. The highest BCUT2D eigenvalue weighted by Gasteiger charge is 2.49. The molecule has 2 aliphatic heterocycles. The van der Waals surface area contributed by atoms with E-state index >= 15 is 0 Å². The van der Waals surface area contributed by atoms with Crippen LogP contribution in [0.1, 0.15) is 29.9 Å². The van der Waals surface area contributed by atoms with Gasteiger partial charge in [0, 0.05) is 54.6 Å². The standard InChI is InChI=1S/C26H29FN4O/c27-23-6-2-1-5-22(23)20-7-9-21(10-8-20)26-24-16-30(15-19-13-28-18-29-14-19)11-3-4-12-31(24)25(26)17-32/h1-2,5-10,13-14,18,24-26,32H,3-4,11-12,15-17H2/t24-,25+,26-/m0/s1. The maximum Gasteiger partial charge on any atom is 0.131 e. The Hall–Kier alpha value is -2.67. The Kier molecular flexibility index (Phi) is 6.26. The van der Waals surface area contributed by atoms with Gasteiger partial charge in [-0.2, -0.15) is 0 Å². The first-order chi connectivity index (χ1) is 15.7. The quantitative estimate of drug-likeness (QED) is 0.666. The molecule has 0 aliphatic carbocycles. The SMILES string of the molecule is OC[C@@H]1[C@@H](c2ccc(-c3ccccc3F)cc2)[C@@H]2CN(Cc3cncnc3)CCCCN12. The number of aromatic nitrogens is 2. The van der Waals surface area contributed by atoms with Gasteiger partial charge in [-0.05, 0) is 43.1 Å². The molecule has 2 fully saturated rings.